The number of nitrogens with zero attached hydrogens (tertiary/aromatic N) is 4. The van der Waals surface area contributed by atoms with E-state index in [9.17, 15) is 10.1 Å². The van der Waals surface area contributed by atoms with Crippen LogP contribution in [-0.2, 0) is 5.41 Å². The van der Waals surface area contributed by atoms with Crippen LogP contribution in [0.5, 0.6) is 0 Å². The Bertz CT molecular complexity index is 1570. The molecule has 0 aliphatic heterocycles. The lowest BCUT2D eigenvalue weighted by molar-refractivity contribution is 0.103. The number of hydrogen-bond acceptors (Lipinski definition) is 8. The average molecular weight is 540 g/mol. The van der Waals surface area contributed by atoms with Crippen molar-refractivity contribution in [2.24, 2.45) is 0 Å². The summed E-state index contributed by atoms with van der Waals surface area (Å²) < 4.78 is 0. The number of carbonyl (C=O) groups is 1. The summed E-state index contributed by atoms with van der Waals surface area (Å²) in [4.78, 5) is 25.5. The predicted molar refractivity (Wildman–Crippen MR) is 161 cm³/mol. The van der Waals surface area contributed by atoms with Gasteiger partial charge in [-0.05, 0) is 75.8 Å². The van der Waals surface area contributed by atoms with Crippen molar-refractivity contribution in [3.8, 4) is 6.07 Å². The fourth-order valence-electron chi connectivity index (χ4n) is 3.85. The van der Waals surface area contributed by atoms with E-state index in [1.165, 1.54) is 11.3 Å². The molecule has 200 valence electrons. The van der Waals surface area contributed by atoms with Gasteiger partial charge in [0.05, 0.1) is 22.6 Å². The molecule has 0 radical (unpaired) electrons. The first-order chi connectivity index (χ1) is 18.6. The molecule has 39 heavy (non-hydrogen) atoms. The van der Waals surface area contributed by atoms with Gasteiger partial charge in [0, 0.05) is 30.2 Å². The molecule has 4 rings (SSSR count). The monoisotopic (exact) mass is 539 g/mol. The van der Waals surface area contributed by atoms with Gasteiger partial charge < -0.3 is 20.9 Å². The zero-order chi connectivity index (χ0) is 28.2. The van der Waals surface area contributed by atoms with Crippen LogP contribution in [0, 0.1) is 18.3 Å². The second kappa shape index (κ2) is 11.6. The van der Waals surface area contributed by atoms with E-state index < -0.39 is 5.41 Å². The number of hydrogen-bond donors (Lipinski definition) is 3. The second-order valence-electron chi connectivity index (χ2n) is 10.2. The first kappa shape index (κ1) is 27.8. The summed E-state index contributed by atoms with van der Waals surface area (Å²) in [7, 11) is 4.03. The maximum Gasteiger partial charge on any atom is 0.265 e. The van der Waals surface area contributed by atoms with Gasteiger partial charge in [0.25, 0.3) is 5.91 Å². The minimum Gasteiger partial charge on any atom is -0.367 e. The van der Waals surface area contributed by atoms with Crippen LogP contribution >= 0.6 is 11.3 Å². The maximum atomic E-state index is 13.1. The third-order valence-corrected chi connectivity index (χ3v) is 7.35. The van der Waals surface area contributed by atoms with Crippen molar-refractivity contribution in [2.75, 3.05) is 43.1 Å². The molecule has 9 heteroatoms. The summed E-state index contributed by atoms with van der Waals surface area (Å²) in [6.45, 7) is 11.5. The largest absolute Gasteiger partial charge is 0.367 e. The van der Waals surface area contributed by atoms with Crippen LogP contribution < -0.4 is 16.0 Å². The molecule has 8 nitrogen and oxygen atoms in total. The van der Waals surface area contributed by atoms with Crippen LogP contribution in [-0.4, -0.2) is 48.0 Å². The first-order valence-electron chi connectivity index (χ1n) is 12.6. The summed E-state index contributed by atoms with van der Waals surface area (Å²) in [6.07, 6.45) is 1.69. The number of nitriles is 1. The number of amides is 1. The van der Waals surface area contributed by atoms with E-state index in [0.717, 1.165) is 35.5 Å². The average Bonchev–Trinajstić information content (AvgIpc) is 3.34. The fraction of sp³-hybridized carbons (Fsp3) is 0.267. The van der Waals surface area contributed by atoms with E-state index >= 15 is 0 Å². The Kier molecular flexibility index (Phi) is 8.29. The number of rotatable bonds is 10. The normalized spacial score (nSPS) is 11.3. The SMILES string of the molecule is C=C(Nc1ccc(C)c(NC(=O)c2cc3nc(NCCN(C)C)cnc3s2)c1)c1cccc(C(C)(C)C#N)c1. The summed E-state index contributed by atoms with van der Waals surface area (Å²) in [5.74, 6) is 0.470. The molecule has 0 fully saturated rings. The van der Waals surface area contributed by atoms with Gasteiger partial charge in [0.15, 0.2) is 0 Å². The highest BCUT2D eigenvalue weighted by Crippen LogP contribution is 2.29. The minimum atomic E-state index is -0.598. The number of aromatic nitrogens is 2. The lowest BCUT2D eigenvalue weighted by Gasteiger charge is -2.18. The topological polar surface area (TPSA) is 106 Å². The van der Waals surface area contributed by atoms with Gasteiger partial charge in [-0.25, -0.2) is 9.97 Å². The van der Waals surface area contributed by atoms with Gasteiger partial charge in [0.1, 0.15) is 16.2 Å². The van der Waals surface area contributed by atoms with Crippen LogP contribution in [0.15, 0.2) is 61.3 Å². The Balaban J connectivity index is 1.47. The van der Waals surface area contributed by atoms with E-state index in [-0.39, 0.29) is 5.91 Å². The van der Waals surface area contributed by atoms with E-state index in [4.69, 9.17) is 0 Å². The van der Waals surface area contributed by atoms with Crippen LogP contribution in [0.3, 0.4) is 0 Å². The number of aryl methyl sites for hydroxylation is 1. The van der Waals surface area contributed by atoms with Gasteiger partial charge in [0.2, 0.25) is 0 Å². The van der Waals surface area contributed by atoms with Crippen LogP contribution in [0.2, 0.25) is 0 Å². The van der Waals surface area contributed by atoms with Crippen molar-refractivity contribution in [3.05, 3.63) is 82.9 Å². The highest BCUT2D eigenvalue weighted by Gasteiger charge is 2.20. The molecule has 0 aliphatic carbocycles. The highest BCUT2D eigenvalue weighted by atomic mass is 32.1. The Morgan fingerprint density at radius 1 is 1.15 bits per heavy atom. The molecule has 0 saturated heterocycles. The molecule has 1 amide bonds. The van der Waals surface area contributed by atoms with Crippen molar-refractivity contribution in [1.82, 2.24) is 14.9 Å². The summed E-state index contributed by atoms with van der Waals surface area (Å²) in [6, 6.07) is 17.7. The molecule has 2 aromatic heterocycles. The molecule has 0 spiro atoms. The number of likely N-dealkylation sites (N-methyl/N-ethyl adjacent to an activating group) is 1. The molecule has 0 atom stereocenters. The lowest BCUT2D eigenvalue weighted by atomic mass is 9.85. The third kappa shape index (κ3) is 6.79. The van der Waals surface area contributed by atoms with Crippen LogP contribution in [0.4, 0.5) is 17.2 Å². The Labute approximate surface area is 233 Å². The summed E-state index contributed by atoms with van der Waals surface area (Å²) in [5.41, 5.74) is 5.02. The van der Waals surface area contributed by atoms with Gasteiger partial charge in [-0.1, -0.05) is 30.8 Å². The standard InChI is InChI=1S/C30H33N7OS/c1-19-10-11-23(34-20(2)21-8-7-9-22(14-21)30(3,4)18-31)15-24(19)36-28(38)26-16-25-29(39-26)33-17-27(35-25)32-12-13-37(5)6/h7-11,14-17,34H,2,12-13H2,1,3-6H3,(H,32,35)(H,36,38). The molecule has 3 N–H and O–H groups in total. The molecular formula is C30H33N7OS. The molecule has 0 bridgehead atoms. The fourth-order valence-corrected chi connectivity index (χ4v) is 4.69. The molecule has 0 unspecified atom stereocenters. The van der Waals surface area contributed by atoms with Crippen LogP contribution in [0.25, 0.3) is 16.0 Å². The Hall–Kier alpha value is -4.26. The number of anilines is 3. The molecule has 4 aromatic rings. The molecule has 2 heterocycles. The van der Waals surface area contributed by atoms with E-state index in [2.05, 4.69) is 43.5 Å². The zero-order valence-electron chi connectivity index (χ0n) is 22.9. The van der Waals surface area contributed by atoms with Crippen molar-refractivity contribution < 1.29 is 4.79 Å². The van der Waals surface area contributed by atoms with E-state index in [0.29, 0.717) is 32.4 Å². The third-order valence-electron chi connectivity index (χ3n) is 6.32. The van der Waals surface area contributed by atoms with Crippen molar-refractivity contribution >= 4 is 50.5 Å². The van der Waals surface area contributed by atoms with Crippen LogP contribution in [0.1, 0.15) is 40.2 Å². The molecular weight excluding hydrogens is 506 g/mol. The number of benzene rings is 2. The van der Waals surface area contributed by atoms with Gasteiger partial charge >= 0.3 is 0 Å². The number of thiophene rings is 1. The van der Waals surface area contributed by atoms with Crippen molar-refractivity contribution in [3.63, 3.8) is 0 Å². The van der Waals surface area contributed by atoms with Gasteiger partial charge in [-0.15, -0.1) is 11.3 Å². The number of carbonyl (C=O) groups excluding carboxylic acids is 1. The summed E-state index contributed by atoms with van der Waals surface area (Å²) >= 11 is 1.31. The molecule has 0 saturated carbocycles. The first-order valence-corrected chi connectivity index (χ1v) is 13.4. The smallest absolute Gasteiger partial charge is 0.265 e. The summed E-state index contributed by atoms with van der Waals surface area (Å²) in [5, 5.41) is 19.1. The lowest BCUT2D eigenvalue weighted by Crippen LogP contribution is -2.21. The van der Waals surface area contributed by atoms with Gasteiger partial charge in [-0.2, -0.15) is 5.26 Å². The number of nitrogens with one attached hydrogen (secondary N) is 3. The quantitative estimate of drug-likeness (QED) is 0.223. The zero-order valence-corrected chi connectivity index (χ0v) is 23.7. The second-order valence-corrected chi connectivity index (χ2v) is 11.2. The van der Waals surface area contributed by atoms with Crippen molar-refractivity contribution in [1.29, 1.82) is 5.26 Å². The molecule has 2 aromatic carbocycles. The van der Waals surface area contributed by atoms with Crippen molar-refractivity contribution in [2.45, 2.75) is 26.2 Å². The minimum absolute atomic E-state index is 0.215. The van der Waals surface area contributed by atoms with E-state index in [1.807, 2.05) is 77.3 Å². The Morgan fingerprint density at radius 2 is 1.95 bits per heavy atom. The predicted octanol–water partition coefficient (Wildman–Crippen LogP) is 6.11. The van der Waals surface area contributed by atoms with E-state index in [1.54, 1.807) is 12.3 Å². The maximum absolute atomic E-state index is 13.1. The molecule has 0 aliphatic rings. The Morgan fingerprint density at radius 3 is 2.69 bits per heavy atom. The number of fused-ring (bicyclic) bond motifs is 1. The van der Waals surface area contributed by atoms with Gasteiger partial charge in [-0.3, -0.25) is 4.79 Å². The highest BCUT2D eigenvalue weighted by molar-refractivity contribution is 7.20.